The van der Waals surface area contributed by atoms with Crippen molar-refractivity contribution >= 4 is 23.1 Å². The zero-order chi connectivity index (χ0) is 18.5. The molecule has 0 unspecified atom stereocenters. The molecule has 134 valence electrons. The van der Waals surface area contributed by atoms with E-state index in [2.05, 4.69) is 10.4 Å². The number of para-hydroxylation sites is 1. The Kier molecular flexibility index (Phi) is 5.17. The highest BCUT2D eigenvalue weighted by atomic mass is 16.5. The summed E-state index contributed by atoms with van der Waals surface area (Å²) in [6.07, 6.45) is 3.11. The van der Waals surface area contributed by atoms with Gasteiger partial charge in [-0.15, -0.1) is 0 Å². The van der Waals surface area contributed by atoms with Crippen molar-refractivity contribution in [3.05, 3.63) is 59.9 Å². The van der Waals surface area contributed by atoms with E-state index in [1.807, 2.05) is 31.2 Å². The monoisotopic (exact) mass is 353 g/mol. The largest absolute Gasteiger partial charge is 0.483 e. The third-order valence-corrected chi connectivity index (χ3v) is 3.75. The Labute approximate surface area is 150 Å². The first kappa shape index (κ1) is 17.5. The second kappa shape index (κ2) is 7.69. The molecule has 1 N–H and O–H groups in total. The number of ether oxygens (including phenoxy) is 2. The molecule has 0 bridgehead atoms. The number of anilines is 1. The molecule has 2 aromatic heterocycles. The number of carbonyl (C=O) groups is 2. The molecule has 0 spiro atoms. The van der Waals surface area contributed by atoms with E-state index in [1.54, 1.807) is 29.8 Å². The van der Waals surface area contributed by atoms with Crippen LogP contribution < -0.4 is 10.1 Å². The van der Waals surface area contributed by atoms with E-state index in [0.29, 0.717) is 22.5 Å². The standard InChI is InChI=1S/C19H19N3O4/c1-3-25-19(24)15-11-20-22-9-8-14(10-16(15)22)21-18(23)12-26-17-7-5-4-6-13(17)2/h4-11H,3,12H2,1-2H3,(H,21,23). The van der Waals surface area contributed by atoms with Gasteiger partial charge in [0, 0.05) is 11.9 Å². The van der Waals surface area contributed by atoms with Gasteiger partial charge in [0.15, 0.2) is 6.61 Å². The molecule has 7 nitrogen and oxygen atoms in total. The average molecular weight is 353 g/mol. The number of hydrogen-bond donors (Lipinski definition) is 1. The fraction of sp³-hybridized carbons (Fsp3) is 0.211. The lowest BCUT2D eigenvalue weighted by Crippen LogP contribution is -2.20. The summed E-state index contributed by atoms with van der Waals surface area (Å²) < 4.78 is 12.1. The van der Waals surface area contributed by atoms with Gasteiger partial charge in [-0.2, -0.15) is 5.10 Å². The van der Waals surface area contributed by atoms with Crippen molar-refractivity contribution in [2.45, 2.75) is 13.8 Å². The second-order valence-corrected chi connectivity index (χ2v) is 5.63. The number of fused-ring (bicyclic) bond motifs is 1. The number of amides is 1. The van der Waals surface area contributed by atoms with Crippen LogP contribution in [0, 0.1) is 6.92 Å². The molecule has 26 heavy (non-hydrogen) atoms. The van der Waals surface area contributed by atoms with Crippen LogP contribution in [0.3, 0.4) is 0 Å². The van der Waals surface area contributed by atoms with Gasteiger partial charge < -0.3 is 14.8 Å². The van der Waals surface area contributed by atoms with Crippen LogP contribution in [0.5, 0.6) is 5.75 Å². The van der Waals surface area contributed by atoms with E-state index < -0.39 is 5.97 Å². The molecule has 0 saturated heterocycles. The summed E-state index contributed by atoms with van der Waals surface area (Å²) in [6.45, 7) is 3.82. The quantitative estimate of drug-likeness (QED) is 0.689. The molecule has 0 aliphatic carbocycles. The smallest absolute Gasteiger partial charge is 0.341 e. The first-order valence-corrected chi connectivity index (χ1v) is 8.21. The zero-order valence-electron chi connectivity index (χ0n) is 14.6. The molecule has 1 amide bonds. The number of esters is 1. The lowest BCUT2D eigenvalue weighted by molar-refractivity contribution is -0.118. The fourth-order valence-electron chi connectivity index (χ4n) is 2.48. The molecule has 1 aromatic carbocycles. The summed E-state index contributed by atoms with van der Waals surface area (Å²) in [6, 6.07) is 10.9. The number of aromatic nitrogens is 2. The summed E-state index contributed by atoms with van der Waals surface area (Å²) in [5.41, 5.74) is 2.40. The maximum atomic E-state index is 12.1. The highest BCUT2D eigenvalue weighted by Crippen LogP contribution is 2.18. The Bertz CT molecular complexity index is 949. The highest BCUT2D eigenvalue weighted by Gasteiger charge is 2.14. The third kappa shape index (κ3) is 3.83. The number of pyridine rings is 1. The van der Waals surface area contributed by atoms with Crippen molar-refractivity contribution in [3.63, 3.8) is 0 Å². The number of benzene rings is 1. The fourth-order valence-corrected chi connectivity index (χ4v) is 2.48. The Morgan fingerprint density at radius 2 is 2.04 bits per heavy atom. The van der Waals surface area contributed by atoms with Crippen LogP contribution in [0.15, 0.2) is 48.8 Å². The predicted molar refractivity (Wildman–Crippen MR) is 96.5 cm³/mol. The summed E-state index contributed by atoms with van der Waals surface area (Å²) in [7, 11) is 0. The lowest BCUT2D eigenvalue weighted by atomic mass is 10.2. The molecular weight excluding hydrogens is 334 g/mol. The second-order valence-electron chi connectivity index (χ2n) is 5.63. The maximum Gasteiger partial charge on any atom is 0.341 e. The number of nitrogens with one attached hydrogen (secondary N) is 1. The number of carbonyl (C=O) groups excluding carboxylic acids is 2. The molecular formula is C19H19N3O4. The molecule has 2 heterocycles. The summed E-state index contributed by atoms with van der Waals surface area (Å²) in [5, 5.41) is 6.86. The Balaban J connectivity index is 1.70. The summed E-state index contributed by atoms with van der Waals surface area (Å²) >= 11 is 0. The zero-order valence-corrected chi connectivity index (χ0v) is 14.6. The van der Waals surface area contributed by atoms with Gasteiger partial charge in [0.1, 0.15) is 11.3 Å². The predicted octanol–water partition coefficient (Wildman–Crippen LogP) is 2.84. The molecule has 3 aromatic rings. The Hall–Kier alpha value is -3.35. The molecule has 7 heteroatoms. The van der Waals surface area contributed by atoms with Crippen molar-refractivity contribution in [2.75, 3.05) is 18.5 Å². The van der Waals surface area contributed by atoms with Gasteiger partial charge in [-0.3, -0.25) is 4.79 Å². The Morgan fingerprint density at radius 1 is 1.23 bits per heavy atom. The SMILES string of the molecule is CCOC(=O)c1cnn2ccc(NC(=O)COc3ccccc3C)cc12. The van der Waals surface area contributed by atoms with Crippen LogP contribution in [0.1, 0.15) is 22.8 Å². The van der Waals surface area contributed by atoms with Gasteiger partial charge >= 0.3 is 5.97 Å². The first-order chi connectivity index (χ1) is 12.6. The van der Waals surface area contributed by atoms with Crippen LogP contribution in [-0.4, -0.2) is 34.7 Å². The number of aryl methyl sites for hydroxylation is 1. The van der Waals surface area contributed by atoms with Crippen LogP contribution in [0.25, 0.3) is 5.52 Å². The van der Waals surface area contributed by atoms with Gasteiger partial charge in [-0.25, -0.2) is 9.31 Å². The van der Waals surface area contributed by atoms with Crippen molar-refractivity contribution in [3.8, 4) is 5.75 Å². The van der Waals surface area contributed by atoms with Crippen LogP contribution in [0.4, 0.5) is 5.69 Å². The molecule has 0 fully saturated rings. The molecule has 0 radical (unpaired) electrons. The van der Waals surface area contributed by atoms with Crippen LogP contribution in [-0.2, 0) is 9.53 Å². The molecule has 0 saturated carbocycles. The molecule has 3 rings (SSSR count). The van der Waals surface area contributed by atoms with E-state index in [0.717, 1.165) is 5.56 Å². The lowest BCUT2D eigenvalue weighted by Gasteiger charge is -2.09. The van der Waals surface area contributed by atoms with E-state index in [4.69, 9.17) is 9.47 Å². The molecule has 0 aliphatic heterocycles. The van der Waals surface area contributed by atoms with Crippen molar-refractivity contribution in [2.24, 2.45) is 0 Å². The van der Waals surface area contributed by atoms with Crippen molar-refractivity contribution < 1.29 is 19.1 Å². The van der Waals surface area contributed by atoms with Crippen molar-refractivity contribution in [1.82, 2.24) is 9.61 Å². The number of rotatable bonds is 6. The minimum absolute atomic E-state index is 0.111. The van der Waals surface area contributed by atoms with E-state index >= 15 is 0 Å². The first-order valence-electron chi connectivity index (χ1n) is 8.21. The van der Waals surface area contributed by atoms with Gasteiger partial charge in [0.25, 0.3) is 5.91 Å². The summed E-state index contributed by atoms with van der Waals surface area (Å²) in [5.74, 6) is -0.0813. The Morgan fingerprint density at radius 3 is 2.81 bits per heavy atom. The van der Waals surface area contributed by atoms with E-state index in [9.17, 15) is 9.59 Å². The molecule has 0 aliphatic rings. The van der Waals surface area contributed by atoms with Gasteiger partial charge in [0.05, 0.1) is 18.3 Å². The van der Waals surface area contributed by atoms with Gasteiger partial charge in [-0.1, -0.05) is 18.2 Å². The average Bonchev–Trinajstić information content (AvgIpc) is 3.04. The van der Waals surface area contributed by atoms with Crippen molar-refractivity contribution in [1.29, 1.82) is 0 Å². The van der Waals surface area contributed by atoms with Gasteiger partial charge in [-0.05, 0) is 37.6 Å². The van der Waals surface area contributed by atoms with E-state index in [1.165, 1.54) is 6.20 Å². The van der Waals surface area contributed by atoms with Crippen LogP contribution >= 0.6 is 0 Å². The van der Waals surface area contributed by atoms with Crippen LogP contribution in [0.2, 0.25) is 0 Å². The minimum Gasteiger partial charge on any atom is -0.483 e. The third-order valence-electron chi connectivity index (χ3n) is 3.75. The molecule has 0 atom stereocenters. The minimum atomic E-state index is -0.450. The van der Waals surface area contributed by atoms with Gasteiger partial charge in [0.2, 0.25) is 0 Å². The topological polar surface area (TPSA) is 81.9 Å². The number of hydrogen-bond acceptors (Lipinski definition) is 5. The van der Waals surface area contributed by atoms with E-state index in [-0.39, 0.29) is 19.1 Å². The highest BCUT2D eigenvalue weighted by molar-refractivity contribution is 5.98. The normalized spacial score (nSPS) is 10.5. The maximum absolute atomic E-state index is 12.1. The summed E-state index contributed by atoms with van der Waals surface area (Å²) in [4.78, 5) is 24.1. The number of nitrogens with zero attached hydrogens (tertiary/aromatic N) is 2.